The maximum absolute atomic E-state index is 5.13. The molecular weight excluding hydrogens is 741 g/mol. The lowest BCUT2D eigenvalue weighted by molar-refractivity contribution is 0.664. The van der Waals surface area contributed by atoms with Crippen LogP contribution in [0.2, 0.25) is 0 Å². The van der Waals surface area contributed by atoms with Crippen LogP contribution in [0, 0.1) is 5.92 Å². The van der Waals surface area contributed by atoms with E-state index in [2.05, 4.69) is 207 Å². The molecule has 2 atom stereocenters. The first-order chi connectivity index (χ1) is 30.0. The maximum Gasteiger partial charge on any atom is 0.164 e. The van der Waals surface area contributed by atoms with Crippen LogP contribution in [0.1, 0.15) is 25.2 Å². The van der Waals surface area contributed by atoms with Gasteiger partial charge in [-0.1, -0.05) is 195 Å². The number of allylic oxidation sites excluding steroid dienone is 8. The summed E-state index contributed by atoms with van der Waals surface area (Å²) in [5.74, 6) is 2.19. The van der Waals surface area contributed by atoms with E-state index in [-0.39, 0.29) is 11.3 Å². The van der Waals surface area contributed by atoms with Crippen LogP contribution in [0.3, 0.4) is 0 Å². The van der Waals surface area contributed by atoms with Gasteiger partial charge in [0.1, 0.15) is 0 Å². The summed E-state index contributed by atoms with van der Waals surface area (Å²) in [5.41, 5.74) is 14.2. The lowest BCUT2D eigenvalue weighted by Gasteiger charge is -2.31. The van der Waals surface area contributed by atoms with Gasteiger partial charge >= 0.3 is 0 Å². The van der Waals surface area contributed by atoms with Gasteiger partial charge in [-0.25, -0.2) is 15.0 Å². The molecule has 0 aliphatic heterocycles. The van der Waals surface area contributed by atoms with Crippen molar-refractivity contribution in [3.8, 4) is 45.0 Å². The van der Waals surface area contributed by atoms with Crippen LogP contribution in [-0.2, 0) is 5.41 Å². The number of benzene rings is 7. The van der Waals surface area contributed by atoms with Crippen LogP contribution in [0.5, 0.6) is 0 Å². The standard InChI is InChI=1S/C57H44N4/c1-40-36-37-57(2,53(40)51-30-17-31-52(51)56-59-54(43-22-11-5-12-23-43)58-55(60-56)44-24-13-6-14-25-44)47-32-34-48(35-33-47)61(49-28-15-26-45(38-49)41-18-7-3-8-19-41)50-29-16-27-46(39-50)42-20-9-4-10-21-42/h3-40H,1-2H3/b53-51-. The van der Waals surface area contributed by atoms with E-state index in [0.29, 0.717) is 17.5 Å². The molecule has 0 saturated heterocycles. The fraction of sp³-hybridized carbons (Fsp3) is 0.0702. The van der Waals surface area contributed by atoms with Crippen molar-refractivity contribution in [2.75, 3.05) is 4.90 Å². The largest absolute Gasteiger partial charge is 0.310 e. The SMILES string of the molecule is CC1C=CC(C)(c2ccc(N(c3cccc(-c4ccccc4)c3)c3cccc(-c4ccccc4)c3)cc2)/C1=C1/C=CC=C1c1nc(-c2ccccc2)nc(-c2ccccc2)n1. The summed E-state index contributed by atoms with van der Waals surface area (Å²) in [5, 5.41) is 0. The van der Waals surface area contributed by atoms with Crippen molar-refractivity contribution in [2.24, 2.45) is 5.92 Å². The molecule has 7 aromatic carbocycles. The number of nitrogens with zero attached hydrogens (tertiary/aromatic N) is 4. The van der Waals surface area contributed by atoms with E-state index in [0.717, 1.165) is 39.3 Å². The molecule has 2 aliphatic carbocycles. The summed E-state index contributed by atoms with van der Waals surface area (Å²) >= 11 is 0. The van der Waals surface area contributed by atoms with Gasteiger partial charge in [0.05, 0.1) is 0 Å². The molecule has 8 aromatic rings. The minimum absolute atomic E-state index is 0.202. The first-order valence-corrected chi connectivity index (χ1v) is 20.9. The summed E-state index contributed by atoms with van der Waals surface area (Å²) in [6.07, 6.45) is 11.2. The smallest absolute Gasteiger partial charge is 0.164 e. The van der Waals surface area contributed by atoms with Crippen LogP contribution in [0.4, 0.5) is 17.1 Å². The molecule has 61 heavy (non-hydrogen) atoms. The molecular formula is C57H44N4. The molecule has 0 saturated carbocycles. The van der Waals surface area contributed by atoms with Crippen molar-refractivity contribution in [3.63, 3.8) is 0 Å². The highest BCUT2D eigenvalue weighted by Crippen LogP contribution is 2.49. The number of hydrogen-bond acceptors (Lipinski definition) is 4. The molecule has 0 fully saturated rings. The van der Waals surface area contributed by atoms with E-state index in [1.807, 2.05) is 36.4 Å². The molecule has 4 nitrogen and oxygen atoms in total. The van der Waals surface area contributed by atoms with Crippen molar-refractivity contribution in [1.29, 1.82) is 0 Å². The average Bonchev–Trinajstić information content (AvgIpc) is 3.94. The van der Waals surface area contributed by atoms with Crippen molar-refractivity contribution in [2.45, 2.75) is 19.3 Å². The Hall–Kier alpha value is -7.69. The van der Waals surface area contributed by atoms with Gasteiger partial charge in [0, 0.05) is 39.2 Å². The summed E-state index contributed by atoms with van der Waals surface area (Å²) in [6.45, 7) is 4.64. The van der Waals surface area contributed by atoms with E-state index >= 15 is 0 Å². The molecule has 2 aliphatic rings. The summed E-state index contributed by atoms with van der Waals surface area (Å²) < 4.78 is 0. The van der Waals surface area contributed by atoms with E-state index in [1.54, 1.807) is 0 Å². The van der Waals surface area contributed by atoms with Crippen LogP contribution >= 0.6 is 0 Å². The second kappa shape index (κ2) is 16.2. The van der Waals surface area contributed by atoms with Gasteiger partial charge in [-0.05, 0) is 88.2 Å². The number of aromatic nitrogens is 3. The van der Waals surface area contributed by atoms with Crippen LogP contribution in [0.25, 0.3) is 50.6 Å². The predicted molar refractivity (Wildman–Crippen MR) is 252 cm³/mol. The Balaban J connectivity index is 1.05. The van der Waals surface area contributed by atoms with Crippen molar-refractivity contribution < 1.29 is 0 Å². The Labute approximate surface area is 358 Å². The summed E-state index contributed by atoms with van der Waals surface area (Å²) in [4.78, 5) is 17.6. The number of rotatable bonds is 9. The number of hydrogen-bond donors (Lipinski definition) is 0. The maximum atomic E-state index is 5.13. The lowest BCUT2D eigenvalue weighted by atomic mass is 9.73. The molecule has 0 amide bonds. The molecule has 0 radical (unpaired) electrons. The van der Waals surface area contributed by atoms with Gasteiger partial charge in [-0.2, -0.15) is 0 Å². The van der Waals surface area contributed by atoms with E-state index in [1.165, 1.54) is 33.4 Å². The highest BCUT2D eigenvalue weighted by molar-refractivity contribution is 5.87. The molecule has 0 N–H and O–H groups in total. The normalized spacial score (nSPS) is 18.0. The quantitative estimate of drug-likeness (QED) is 0.137. The Bertz CT molecular complexity index is 2830. The van der Waals surface area contributed by atoms with Gasteiger partial charge in [-0.3, -0.25) is 0 Å². The third-order valence-corrected chi connectivity index (χ3v) is 11.9. The third-order valence-electron chi connectivity index (χ3n) is 11.9. The highest BCUT2D eigenvalue weighted by Gasteiger charge is 2.39. The Morgan fingerprint density at radius 3 is 1.43 bits per heavy atom. The highest BCUT2D eigenvalue weighted by atomic mass is 15.1. The molecule has 0 bridgehead atoms. The van der Waals surface area contributed by atoms with Gasteiger partial charge in [0.2, 0.25) is 0 Å². The third kappa shape index (κ3) is 7.34. The van der Waals surface area contributed by atoms with Gasteiger partial charge < -0.3 is 4.90 Å². The molecule has 292 valence electrons. The molecule has 4 heteroatoms. The molecule has 2 unspecified atom stereocenters. The van der Waals surface area contributed by atoms with E-state index in [9.17, 15) is 0 Å². The van der Waals surface area contributed by atoms with Crippen LogP contribution in [-0.4, -0.2) is 15.0 Å². The zero-order valence-electron chi connectivity index (χ0n) is 34.2. The summed E-state index contributed by atoms with van der Waals surface area (Å²) in [7, 11) is 0. The Kier molecular flexibility index (Phi) is 9.95. The second-order valence-electron chi connectivity index (χ2n) is 15.9. The predicted octanol–water partition coefficient (Wildman–Crippen LogP) is 14.4. The zero-order valence-corrected chi connectivity index (χ0v) is 34.2. The first kappa shape index (κ1) is 37.6. The second-order valence-corrected chi connectivity index (χ2v) is 15.9. The monoisotopic (exact) mass is 784 g/mol. The van der Waals surface area contributed by atoms with Crippen LogP contribution < -0.4 is 4.90 Å². The van der Waals surface area contributed by atoms with Gasteiger partial charge in [0.25, 0.3) is 0 Å². The Morgan fingerprint density at radius 1 is 0.459 bits per heavy atom. The fourth-order valence-electron chi connectivity index (χ4n) is 8.87. The first-order valence-electron chi connectivity index (χ1n) is 20.9. The molecule has 0 spiro atoms. The van der Waals surface area contributed by atoms with Crippen molar-refractivity contribution in [1.82, 2.24) is 15.0 Å². The minimum Gasteiger partial charge on any atom is -0.310 e. The minimum atomic E-state index is -0.371. The van der Waals surface area contributed by atoms with Gasteiger partial charge in [0.15, 0.2) is 17.5 Å². The average molecular weight is 785 g/mol. The molecule has 1 aromatic heterocycles. The number of anilines is 3. The van der Waals surface area contributed by atoms with Crippen molar-refractivity contribution >= 4 is 22.6 Å². The fourth-order valence-corrected chi connectivity index (χ4v) is 8.87. The van der Waals surface area contributed by atoms with E-state index in [4.69, 9.17) is 15.0 Å². The van der Waals surface area contributed by atoms with Gasteiger partial charge in [-0.15, -0.1) is 0 Å². The lowest BCUT2D eigenvalue weighted by Crippen LogP contribution is -2.23. The summed E-state index contributed by atoms with van der Waals surface area (Å²) in [6, 6.07) is 68.4. The topological polar surface area (TPSA) is 41.9 Å². The molecule has 10 rings (SSSR count). The van der Waals surface area contributed by atoms with Crippen molar-refractivity contribution in [3.05, 3.63) is 247 Å². The zero-order chi connectivity index (χ0) is 41.2. The molecule has 1 heterocycles. The Morgan fingerprint density at radius 2 is 0.918 bits per heavy atom. The van der Waals surface area contributed by atoms with E-state index < -0.39 is 0 Å². The van der Waals surface area contributed by atoms with Crippen LogP contribution in [0.15, 0.2) is 236 Å².